The Morgan fingerprint density at radius 3 is 2.32 bits per heavy atom. The summed E-state index contributed by atoms with van der Waals surface area (Å²) < 4.78 is 26.4. The minimum absolute atomic E-state index is 0.0205. The van der Waals surface area contributed by atoms with Crippen molar-refractivity contribution >= 4 is 45.4 Å². The summed E-state index contributed by atoms with van der Waals surface area (Å²) in [5.74, 6) is -0.297. The Morgan fingerprint density at radius 2 is 1.68 bits per heavy atom. The van der Waals surface area contributed by atoms with E-state index in [9.17, 15) is 23.3 Å². The molecule has 31 heavy (non-hydrogen) atoms. The Balaban J connectivity index is 1.58. The van der Waals surface area contributed by atoms with Gasteiger partial charge in [-0.2, -0.15) is 4.31 Å². The van der Waals surface area contributed by atoms with Crippen molar-refractivity contribution in [2.75, 3.05) is 26.2 Å². The number of rotatable bonds is 6. The van der Waals surface area contributed by atoms with E-state index in [1.54, 1.807) is 12.1 Å². The highest BCUT2D eigenvalue weighted by molar-refractivity contribution is 7.92. The van der Waals surface area contributed by atoms with Crippen molar-refractivity contribution in [2.45, 2.75) is 0 Å². The third-order valence-electron chi connectivity index (χ3n) is 4.73. The number of nitro benzene ring substituents is 1. The van der Waals surface area contributed by atoms with Gasteiger partial charge in [-0.15, -0.1) is 0 Å². The van der Waals surface area contributed by atoms with Crippen LogP contribution in [0.2, 0.25) is 5.02 Å². The summed E-state index contributed by atoms with van der Waals surface area (Å²) in [6.07, 6.45) is 4.32. The number of amides is 1. The second-order valence-corrected chi connectivity index (χ2v) is 9.01. The molecule has 0 bridgehead atoms. The van der Waals surface area contributed by atoms with Crippen LogP contribution in [0.1, 0.15) is 11.1 Å². The Kier molecular flexibility index (Phi) is 7.21. The zero-order valence-corrected chi connectivity index (χ0v) is 18.0. The number of carbonyl (C=O) groups is 1. The minimum Gasteiger partial charge on any atom is -0.337 e. The molecule has 1 heterocycles. The molecule has 0 atom stereocenters. The molecular formula is C21H20ClN3O5S. The molecule has 0 unspecified atom stereocenters. The van der Waals surface area contributed by atoms with Gasteiger partial charge in [0.05, 0.1) is 4.92 Å². The van der Waals surface area contributed by atoms with Gasteiger partial charge in [-0.05, 0) is 29.3 Å². The van der Waals surface area contributed by atoms with Crippen molar-refractivity contribution < 1.29 is 18.1 Å². The number of nitro groups is 1. The summed E-state index contributed by atoms with van der Waals surface area (Å²) in [6, 6.07) is 13.4. The molecule has 3 rings (SSSR count). The maximum atomic E-state index is 12.5. The van der Waals surface area contributed by atoms with E-state index in [2.05, 4.69) is 0 Å². The molecule has 10 heteroatoms. The number of piperazine rings is 1. The van der Waals surface area contributed by atoms with Crippen LogP contribution < -0.4 is 0 Å². The summed E-state index contributed by atoms with van der Waals surface area (Å²) in [5, 5.41) is 12.2. The molecule has 0 radical (unpaired) electrons. The quantitative estimate of drug-likeness (QED) is 0.373. The normalized spacial score (nSPS) is 15.6. The van der Waals surface area contributed by atoms with E-state index < -0.39 is 14.9 Å². The summed E-state index contributed by atoms with van der Waals surface area (Å²) in [6.45, 7) is 0.881. The van der Waals surface area contributed by atoms with Gasteiger partial charge in [0.1, 0.15) is 5.02 Å². The number of hydrogen-bond acceptors (Lipinski definition) is 5. The highest BCUT2D eigenvalue weighted by atomic mass is 35.5. The zero-order chi connectivity index (χ0) is 22.4. The van der Waals surface area contributed by atoms with Gasteiger partial charge in [0, 0.05) is 43.7 Å². The van der Waals surface area contributed by atoms with Crippen molar-refractivity contribution in [3.63, 3.8) is 0 Å². The maximum absolute atomic E-state index is 12.5. The standard InChI is InChI=1S/C21H20ClN3O5S/c22-19-8-6-18(16-20(19)25(27)28)7-9-21(26)23-11-13-24(14-12-23)31(29,30)15-10-17-4-2-1-3-5-17/h1-10,15-16H,11-14H2/b9-7+,15-10+. The molecular weight excluding hydrogens is 442 g/mol. The molecule has 0 aliphatic carbocycles. The van der Waals surface area contributed by atoms with Crippen molar-refractivity contribution in [1.29, 1.82) is 0 Å². The molecule has 1 aliphatic rings. The van der Waals surface area contributed by atoms with Crippen LogP contribution in [0.15, 0.2) is 60.0 Å². The molecule has 2 aromatic carbocycles. The summed E-state index contributed by atoms with van der Waals surface area (Å²) in [7, 11) is -3.58. The average Bonchev–Trinajstić information content (AvgIpc) is 2.77. The SMILES string of the molecule is O=C(/C=C/c1ccc(Cl)c([N+](=O)[O-])c1)N1CCN(S(=O)(=O)/C=C/c2ccccc2)CC1. The Morgan fingerprint density at radius 1 is 1.00 bits per heavy atom. The first-order valence-corrected chi connectivity index (χ1v) is 11.3. The summed E-state index contributed by atoms with van der Waals surface area (Å²) in [4.78, 5) is 24.3. The van der Waals surface area contributed by atoms with Gasteiger partial charge in [0.2, 0.25) is 15.9 Å². The Bertz CT molecular complexity index is 1120. The van der Waals surface area contributed by atoms with Crippen LogP contribution >= 0.6 is 11.6 Å². The number of carbonyl (C=O) groups excluding carboxylic acids is 1. The molecule has 0 spiro atoms. The van der Waals surface area contributed by atoms with E-state index in [-0.39, 0.29) is 42.8 Å². The van der Waals surface area contributed by atoms with Gasteiger partial charge >= 0.3 is 0 Å². The monoisotopic (exact) mass is 461 g/mol. The number of halogens is 1. The molecule has 0 aromatic heterocycles. The topological polar surface area (TPSA) is 101 Å². The lowest BCUT2D eigenvalue weighted by Gasteiger charge is -2.32. The van der Waals surface area contributed by atoms with Crippen LogP contribution in [0.3, 0.4) is 0 Å². The average molecular weight is 462 g/mol. The number of nitrogens with zero attached hydrogens (tertiary/aromatic N) is 3. The van der Waals surface area contributed by atoms with Gasteiger partial charge in [0.15, 0.2) is 0 Å². The molecule has 2 aromatic rings. The lowest BCUT2D eigenvalue weighted by atomic mass is 10.2. The number of sulfonamides is 1. The van der Waals surface area contributed by atoms with E-state index in [0.29, 0.717) is 5.56 Å². The van der Waals surface area contributed by atoms with Gasteiger partial charge in [0.25, 0.3) is 5.69 Å². The van der Waals surface area contributed by atoms with Gasteiger partial charge < -0.3 is 4.90 Å². The van der Waals surface area contributed by atoms with E-state index in [1.165, 1.54) is 38.9 Å². The van der Waals surface area contributed by atoms with E-state index in [4.69, 9.17) is 11.6 Å². The van der Waals surface area contributed by atoms with Crippen LogP contribution in [-0.4, -0.2) is 54.6 Å². The third kappa shape index (κ3) is 6.00. The zero-order valence-electron chi connectivity index (χ0n) is 16.4. The van der Waals surface area contributed by atoms with Crippen LogP contribution in [0.25, 0.3) is 12.2 Å². The van der Waals surface area contributed by atoms with Gasteiger partial charge in [-0.25, -0.2) is 8.42 Å². The van der Waals surface area contributed by atoms with Crippen molar-refractivity contribution in [3.8, 4) is 0 Å². The fourth-order valence-electron chi connectivity index (χ4n) is 3.02. The highest BCUT2D eigenvalue weighted by Crippen LogP contribution is 2.25. The lowest BCUT2D eigenvalue weighted by molar-refractivity contribution is -0.384. The predicted octanol–water partition coefficient (Wildman–Crippen LogP) is 3.41. The highest BCUT2D eigenvalue weighted by Gasteiger charge is 2.26. The van der Waals surface area contributed by atoms with Crippen molar-refractivity contribution in [2.24, 2.45) is 0 Å². The van der Waals surface area contributed by atoms with Gasteiger partial charge in [-0.3, -0.25) is 14.9 Å². The Labute approximate surface area is 185 Å². The first kappa shape index (κ1) is 22.7. The second-order valence-electron chi connectivity index (χ2n) is 6.78. The van der Waals surface area contributed by atoms with Gasteiger partial charge in [-0.1, -0.05) is 48.0 Å². The lowest BCUT2D eigenvalue weighted by Crippen LogP contribution is -2.49. The largest absolute Gasteiger partial charge is 0.337 e. The maximum Gasteiger partial charge on any atom is 0.288 e. The van der Waals surface area contributed by atoms with E-state index in [1.807, 2.05) is 30.3 Å². The first-order chi connectivity index (χ1) is 14.8. The van der Waals surface area contributed by atoms with Crippen molar-refractivity contribution in [3.05, 3.63) is 86.3 Å². The molecule has 8 nitrogen and oxygen atoms in total. The predicted molar refractivity (Wildman–Crippen MR) is 120 cm³/mol. The molecule has 1 saturated heterocycles. The number of hydrogen-bond donors (Lipinski definition) is 0. The van der Waals surface area contributed by atoms with Crippen LogP contribution in [0, 0.1) is 10.1 Å². The summed E-state index contributed by atoms with van der Waals surface area (Å²) >= 11 is 5.78. The molecule has 0 N–H and O–H groups in total. The molecule has 162 valence electrons. The van der Waals surface area contributed by atoms with Crippen molar-refractivity contribution in [1.82, 2.24) is 9.21 Å². The third-order valence-corrected chi connectivity index (χ3v) is 6.61. The van der Waals surface area contributed by atoms with Crippen LogP contribution in [0.5, 0.6) is 0 Å². The molecule has 1 fully saturated rings. The summed E-state index contributed by atoms with van der Waals surface area (Å²) in [5.41, 5.74) is 1.02. The van der Waals surface area contributed by atoms with Crippen LogP contribution in [-0.2, 0) is 14.8 Å². The molecule has 1 aliphatic heterocycles. The fraction of sp³-hybridized carbons (Fsp3) is 0.190. The number of benzene rings is 2. The first-order valence-electron chi connectivity index (χ1n) is 9.40. The fourth-order valence-corrected chi connectivity index (χ4v) is 4.38. The molecule has 0 saturated carbocycles. The minimum atomic E-state index is -3.58. The Hall–Kier alpha value is -3.01. The van der Waals surface area contributed by atoms with E-state index >= 15 is 0 Å². The molecule has 1 amide bonds. The smallest absolute Gasteiger partial charge is 0.288 e. The van der Waals surface area contributed by atoms with E-state index in [0.717, 1.165) is 5.56 Å². The van der Waals surface area contributed by atoms with Crippen LogP contribution in [0.4, 0.5) is 5.69 Å². The second kappa shape index (κ2) is 9.86.